The second-order valence-electron chi connectivity index (χ2n) is 3.92. The van der Waals surface area contributed by atoms with E-state index in [1.165, 1.54) is 18.0 Å². The van der Waals surface area contributed by atoms with Crippen LogP contribution in [0.3, 0.4) is 0 Å². The molecule has 1 aromatic carbocycles. The van der Waals surface area contributed by atoms with Gasteiger partial charge in [0.25, 0.3) is 0 Å². The highest BCUT2D eigenvalue weighted by Gasteiger charge is 2.27. The normalized spacial score (nSPS) is 12.2. The summed E-state index contributed by atoms with van der Waals surface area (Å²) in [5.41, 5.74) is -0.242. The molecule has 0 N–H and O–H groups in total. The van der Waals surface area contributed by atoms with Gasteiger partial charge in [-0.3, -0.25) is 0 Å². The van der Waals surface area contributed by atoms with Gasteiger partial charge in [-0.15, -0.1) is 0 Å². The van der Waals surface area contributed by atoms with Gasteiger partial charge >= 0.3 is 6.18 Å². The van der Waals surface area contributed by atoms with Crippen LogP contribution in [0.1, 0.15) is 12.0 Å². The molecule has 1 nitrogen and oxygen atoms in total. The van der Waals surface area contributed by atoms with Crippen molar-refractivity contribution in [3.8, 4) is 0 Å². The molecule has 0 bridgehead atoms. The highest BCUT2D eigenvalue weighted by Crippen LogP contribution is 2.24. The molecule has 0 aromatic heterocycles. The van der Waals surface area contributed by atoms with E-state index < -0.39 is 24.2 Å². The fourth-order valence-electron chi connectivity index (χ4n) is 1.38. The van der Waals surface area contributed by atoms with Crippen molar-refractivity contribution >= 4 is 15.9 Å². The van der Waals surface area contributed by atoms with Gasteiger partial charge in [-0.1, -0.05) is 0 Å². The van der Waals surface area contributed by atoms with Gasteiger partial charge in [0.05, 0.1) is 10.9 Å². The molecule has 0 saturated carbocycles. The minimum absolute atomic E-state index is 0.0862. The number of alkyl halides is 3. The van der Waals surface area contributed by atoms with E-state index >= 15 is 0 Å². The van der Waals surface area contributed by atoms with Gasteiger partial charge in [-0.25, -0.2) is 8.78 Å². The summed E-state index contributed by atoms with van der Waals surface area (Å²) in [6.07, 6.45) is -5.29. The number of hydrogen-bond acceptors (Lipinski definition) is 1. The Bertz CT molecular complexity index is 419. The molecule has 0 aliphatic heterocycles. The van der Waals surface area contributed by atoms with Crippen LogP contribution in [0.25, 0.3) is 0 Å². The molecule has 102 valence electrons. The third-order valence-electron chi connectivity index (χ3n) is 2.34. The summed E-state index contributed by atoms with van der Waals surface area (Å²) < 4.78 is 63.0. The van der Waals surface area contributed by atoms with Crippen LogP contribution in [0.5, 0.6) is 0 Å². The minimum atomic E-state index is -4.28. The number of halogens is 6. The van der Waals surface area contributed by atoms with Crippen LogP contribution in [-0.4, -0.2) is 24.7 Å². The predicted octanol–water partition coefficient (Wildman–Crippen LogP) is 4.11. The lowest BCUT2D eigenvalue weighted by Crippen LogP contribution is -2.25. The standard InChI is InChI=1S/C11H11BrF5N/c1-18(5-4-11(15,16)17)6-7-9(13)3-2-8(12)10(7)14/h2-3H,4-6H2,1H3. The van der Waals surface area contributed by atoms with Crippen LogP contribution in [0, 0.1) is 11.6 Å². The molecule has 0 unspecified atom stereocenters. The van der Waals surface area contributed by atoms with Crippen LogP contribution >= 0.6 is 15.9 Å². The molecular weight excluding hydrogens is 321 g/mol. The molecule has 0 atom stereocenters. The minimum Gasteiger partial charge on any atom is -0.302 e. The summed E-state index contributed by atoms with van der Waals surface area (Å²) in [7, 11) is 1.38. The third-order valence-corrected chi connectivity index (χ3v) is 2.96. The number of hydrogen-bond donors (Lipinski definition) is 0. The summed E-state index contributed by atoms with van der Waals surface area (Å²) in [4.78, 5) is 1.22. The molecule has 0 heterocycles. The van der Waals surface area contributed by atoms with Crippen LogP contribution in [0.4, 0.5) is 22.0 Å². The van der Waals surface area contributed by atoms with Crippen molar-refractivity contribution in [3.63, 3.8) is 0 Å². The topological polar surface area (TPSA) is 3.24 Å². The fraction of sp³-hybridized carbons (Fsp3) is 0.455. The summed E-state index contributed by atoms with van der Waals surface area (Å²) in [6, 6.07) is 2.28. The lowest BCUT2D eigenvalue weighted by Gasteiger charge is -2.18. The summed E-state index contributed by atoms with van der Waals surface area (Å²) >= 11 is 2.90. The van der Waals surface area contributed by atoms with Crippen molar-refractivity contribution < 1.29 is 22.0 Å². The lowest BCUT2D eigenvalue weighted by molar-refractivity contribution is -0.137. The predicted molar refractivity (Wildman–Crippen MR) is 61.1 cm³/mol. The quantitative estimate of drug-likeness (QED) is 0.592. The van der Waals surface area contributed by atoms with E-state index in [2.05, 4.69) is 15.9 Å². The average Bonchev–Trinajstić information content (AvgIpc) is 2.26. The Labute approximate surface area is 110 Å². The highest BCUT2D eigenvalue weighted by atomic mass is 79.9. The lowest BCUT2D eigenvalue weighted by atomic mass is 10.2. The van der Waals surface area contributed by atoms with Crippen LogP contribution in [0.2, 0.25) is 0 Å². The van der Waals surface area contributed by atoms with Crippen molar-refractivity contribution in [2.45, 2.75) is 19.1 Å². The van der Waals surface area contributed by atoms with Crippen LogP contribution in [0.15, 0.2) is 16.6 Å². The number of rotatable bonds is 4. The first-order chi connectivity index (χ1) is 8.20. The fourth-order valence-corrected chi connectivity index (χ4v) is 1.75. The molecule has 1 aromatic rings. The second kappa shape index (κ2) is 5.97. The molecule has 1 rings (SSSR count). The largest absolute Gasteiger partial charge is 0.390 e. The van der Waals surface area contributed by atoms with Gasteiger partial charge in [-0.05, 0) is 35.1 Å². The van der Waals surface area contributed by atoms with E-state index in [1.54, 1.807) is 0 Å². The molecule has 18 heavy (non-hydrogen) atoms. The van der Waals surface area contributed by atoms with E-state index in [4.69, 9.17) is 0 Å². The number of nitrogens with zero attached hydrogens (tertiary/aromatic N) is 1. The van der Waals surface area contributed by atoms with E-state index in [9.17, 15) is 22.0 Å². The SMILES string of the molecule is CN(CCC(F)(F)F)Cc1c(F)ccc(Br)c1F. The van der Waals surface area contributed by atoms with Crippen molar-refractivity contribution in [2.24, 2.45) is 0 Å². The third kappa shape index (κ3) is 4.53. The molecule has 0 fully saturated rings. The van der Waals surface area contributed by atoms with E-state index in [0.29, 0.717) is 0 Å². The summed E-state index contributed by atoms with van der Waals surface area (Å²) in [5.74, 6) is -1.55. The van der Waals surface area contributed by atoms with E-state index in [1.807, 2.05) is 0 Å². The van der Waals surface area contributed by atoms with E-state index in [-0.39, 0.29) is 23.1 Å². The van der Waals surface area contributed by atoms with Crippen LogP contribution in [-0.2, 0) is 6.54 Å². The zero-order valence-electron chi connectivity index (χ0n) is 9.49. The molecule has 7 heteroatoms. The Balaban J connectivity index is 2.70. The highest BCUT2D eigenvalue weighted by molar-refractivity contribution is 9.10. The monoisotopic (exact) mass is 331 g/mol. The van der Waals surface area contributed by atoms with Gasteiger partial charge in [0.2, 0.25) is 0 Å². The Hall–Kier alpha value is -0.690. The van der Waals surface area contributed by atoms with Crippen molar-refractivity contribution in [3.05, 3.63) is 33.8 Å². The number of benzene rings is 1. The Morgan fingerprint density at radius 2 is 1.83 bits per heavy atom. The van der Waals surface area contributed by atoms with Gasteiger partial charge < -0.3 is 4.90 Å². The maximum Gasteiger partial charge on any atom is 0.390 e. The van der Waals surface area contributed by atoms with Gasteiger partial charge in [0.1, 0.15) is 11.6 Å². The van der Waals surface area contributed by atoms with Crippen LogP contribution < -0.4 is 0 Å². The molecule has 0 aliphatic rings. The molecule has 0 saturated heterocycles. The maximum atomic E-state index is 13.6. The van der Waals surface area contributed by atoms with Crippen molar-refractivity contribution in [1.82, 2.24) is 4.90 Å². The molecular formula is C11H11BrF5N. The van der Waals surface area contributed by atoms with E-state index in [0.717, 1.165) is 6.07 Å². The molecule has 0 aliphatic carbocycles. The summed E-state index contributed by atoms with van der Waals surface area (Å²) in [6.45, 7) is -0.526. The first-order valence-corrected chi connectivity index (χ1v) is 5.87. The first-order valence-electron chi connectivity index (χ1n) is 5.08. The first kappa shape index (κ1) is 15.4. The Morgan fingerprint density at radius 3 is 2.39 bits per heavy atom. The van der Waals surface area contributed by atoms with Gasteiger partial charge in [0, 0.05) is 18.7 Å². The zero-order valence-corrected chi connectivity index (χ0v) is 11.1. The average molecular weight is 332 g/mol. The molecule has 0 amide bonds. The maximum absolute atomic E-state index is 13.6. The second-order valence-corrected chi connectivity index (χ2v) is 4.78. The Kier molecular flexibility index (Phi) is 5.10. The molecule has 0 spiro atoms. The summed E-state index contributed by atoms with van der Waals surface area (Å²) in [5, 5.41) is 0. The smallest absolute Gasteiger partial charge is 0.302 e. The van der Waals surface area contributed by atoms with Crippen molar-refractivity contribution in [2.75, 3.05) is 13.6 Å². The zero-order chi connectivity index (χ0) is 13.9. The molecule has 0 radical (unpaired) electrons. The van der Waals surface area contributed by atoms with Gasteiger partial charge in [0.15, 0.2) is 0 Å². The Morgan fingerprint density at radius 1 is 1.22 bits per heavy atom. The van der Waals surface area contributed by atoms with Crippen molar-refractivity contribution in [1.29, 1.82) is 0 Å². The van der Waals surface area contributed by atoms with Gasteiger partial charge in [-0.2, -0.15) is 13.2 Å².